The first kappa shape index (κ1) is 20.1. The normalized spacial score (nSPS) is 16.2. The van der Waals surface area contributed by atoms with Crippen LogP contribution in [0.2, 0.25) is 5.02 Å². The van der Waals surface area contributed by atoms with Crippen molar-refractivity contribution < 1.29 is 12.9 Å². The molecule has 0 bridgehead atoms. The third kappa shape index (κ3) is 4.22. The molecule has 152 valence electrons. The molecule has 2 heterocycles. The molecule has 0 unspecified atom stereocenters. The summed E-state index contributed by atoms with van der Waals surface area (Å²) in [5.74, 6) is 1.15. The molecule has 0 atom stereocenters. The van der Waals surface area contributed by atoms with Crippen molar-refractivity contribution in [3.63, 3.8) is 0 Å². The Labute approximate surface area is 175 Å². The van der Waals surface area contributed by atoms with E-state index in [2.05, 4.69) is 10.1 Å². The van der Waals surface area contributed by atoms with Gasteiger partial charge in [0, 0.05) is 29.6 Å². The number of nitrogens with zero attached hydrogens (tertiary/aromatic N) is 3. The van der Waals surface area contributed by atoms with Crippen LogP contribution in [0.1, 0.15) is 37.1 Å². The number of halogens is 1. The molecule has 0 radical (unpaired) electrons. The zero-order chi connectivity index (χ0) is 20.4. The molecule has 29 heavy (non-hydrogen) atoms. The summed E-state index contributed by atoms with van der Waals surface area (Å²) < 4.78 is 32.8. The van der Waals surface area contributed by atoms with Gasteiger partial charge in [-0.1, -0.05) is 35.8 Å². The molecule has 0 aliphatic carbocycles. The smallest absolute Gasteiger partial charge is 0.257 e. The third-order valence-electron chi connectivity index (χ3n) is 5.32. The fourth-order valence-corrected chi connectivity index (χ4v) is 5.11. The van der Waals surface area contributed by atoms with Gasteiger partial charge in [0.1, 0.15) is 0 Å². The lowest BCUT2D eigenvalue weighted by atomic mass is 9.97. The Bertz CT molecular complexity index is 1070. The van der Waals surface area contributed by atoms with Gasteiger partial charge in [-0.3, -0.25) is 0 Å². The van der Waals surface area contributed by atoms with Crippen molar-refractivity contribution in [3.8, 4) is 11.5 Å². The maximum atomic E-state index is 12.9. The Morgan fingerprint density at radius 2 is 1.72 bits per heavy atom. The van der Waals surface area contributed by atoms with Gasteiger partial charge in [-0.15, -0.1) is 0 Å². The second-order valence-corrected chi connectivity index (χ2v) is 9.51. The summed E-state index contributed by atoms with van der Waals surface area (Å²) in [7, 11) is -3.48. The van der Waals surface area contributed by atoms with Crippen LogP contribution in [0.5, 0.6) is 0 Å². The van der Waals surface area contributed by atoms with Crippen LogP contribution in [0.15, 0.2) is 57.9 Å². The molecule has 3 aromatic rings. The molecule has 6 nitrogen and oxygen atoms in total. The molecular weight excluding hydrogens is 410 g/mol. The van der Waals surface area contributed by atoms with E-state index in [9.17, 15) is 8.42 Å². The number of benzene rings is 2. The second kappa shape index (κ2) is 8.26. The monoisotopic (exact) mass is 431 g/mol. The summed E-state index contributed by atoms with van der Waals surface area (Å²) >= 11 is 5.92. The number of aromatic nitrogens is 2. The fourth-order valence-electron chi connectivity index (χ4n) is 3.51. The lowest BCUT2D eigenvalue weighted by Gasteiger charge is -2.29. The largest absolute Gasteiger partial charge is 0.334 e. The first-order chi connectivity index (χ1) is 14.0. The molecule has 0 spiro atoms. The van der Waals surface area contributed by atoms with Crippen LogP contribution in [-0.4, -0.2) is 36.0 Å². The Hall–Kier alpha value is -2.22. The van der Waals surface area contributed by atoms with Crippen LogP contribution in [-0.2, 0) is 16.4 Å². The quantitative estimate of drug-likeness (QED) is 0.593. The van der Waals surface area contributed by atoms with E-state index < -0.39 is 10.0 Å². The lowest BCUT2D eigenvalue weighted by Crippen LogP contribution is -2.38. The summed E-state index contributed by atoms with van der Waals surface area (Å²) in [6.07, 6.45) is 2.20. The van der Waals surface area contributed by atoms with E-state index in [1.807, 2.05) is 31.2 Å². The van der Waals surface area contributed by atoms with Crippen molar-refractivity contribution in [2.45, 2.75) is 37.0 Å². The van der Waals surface area contributed by atoms with Gasteiger partial charge in [-0.25, -0.2) is 8.42 Å². The highest BCUT2D eigenvalue weighted by molar-refractivity contribution is 7.89. The molecule has 0 N–H and O–H groups in total. The van der Waals surface area contributed by atoms with E-state index in [4.69, 9.17) is 16.1 Å². The van der Waals surface area contributed by atoms with Gasteiger partial charge < -0.3 is 4.52 Å². The van der Waals surface area contributed by atoms with Crippen LogP contribution in [0.4, 0.5) is 0 Å². The minimum atomic E-state index is -3.48. The Kier molecular flexibility index (Phi) is 5.72. The van der Waals surface area contributed by atoms with Crippen molar-refractivity contribution in [3.05, 3.63) is 64.9 Å². The summed E-state index contributed by atoms with van der Waals surface area (Å²) in [6.45, 7) is 2.92. The second-order valence-electron chi connectivity index (χ2n) is 7.14. The molecular formula is C21H22ClN3O3S. The van der Waals surface area contributed by atoms with Gasteiger partial charge in [0.15, 0.2) is 5.82 Å². The van der Waals surface area contributed by atoms with Gasteiger partial charge in [-0.05, 0) is 61.2 Å². The van der Waals surface area contributed by atoms with Crippen molar-refractivity contribution in [2.75, 3.05) is 13.1 Å². The van der Waals surface area contributed by atoms with E-state index in [0.29, 0.717) is 47.6 Å². The Morgan fingerprint density at radius 3 is 2.34 bits per heavy atom. The topological polar surface area (TPSA) is 76.3 Å². The van der Waals surface area contributed by atoms with Gasteiger partial charge in [0.05, 0.1) is 4.90 Å². The van der Waals surface area contributed by atoms with Gasteiger partial charge in [0.2, 0.25) is 10.0 Å². The number of sulfonamides is 1. The highest BCUT2D eigenvalue weighted by Crippen LogP contribution is 2.31. The highest BCUT2D eigenvalue weighted by Gasteiger charge is 2.31. The first-order valence-corrected chi connectivity index (χ1v) is 11.5. The molecule has 2 aromatic carbocycles. The zero-order valence-corrected chi connectivity index (χ0v) is 17.7. The first-order valence-electron chi connectivity index (χ1n) is 9.66. The van der Waals surface area contributed by atoms with Gasteiger partial charge >= 0.3 is 0 Å². The molecule has 8 heteroatoms. The zero-order valence-electron chi connectivity index (χ0n) is 16.1. The summed E-state index contributed by atoms with van der Waals surface area (Å²) in [5.41, 5.74) is 1.93. The lowest BCUT2D eigenvalue weighted by molar-refractivity contribution is 0.307. The fraction of sp³-hybridized carbons (Fsp3) is 0.333. The molecule has 1 aliphatic heterocycles. The maximum absolute atomic E-state index is 12.9. The van der Waals surface area contributed by atoms with Crippen molar-refractivity contribution >= 4 is 21.6 Å². The third-order valence-corrected chi connectivity index (χ3v) is 7.49. The van der Waals surface area contributed by atoms with E-state index in [-0.39, 0.29) is 5.92 Å². The number of hydrogen-bond donors (Lipinski definition) is 0. The molecule has 1 aliphatic rings. The van der Waals surface area contributed by atoms with Gasteiger partial charge in [-0.2, -0.15) is 9.29 Å². The average Bonchev–Trinajstić information content (AvgIpc) is 3.24. The SMILES string of the molecule is CCc1ccc(S(=O)(=O)N2CCC(c3noc(-c4ccc(Cl)cc4)n3)CC2)cc1. The van der Waals surface area contributed by atoms with Crippen molar-refractivity contribution in [1.29, 1.82) is 0 Å². The predicted octanol–water partition coefficient (Wildman–Crippen LogP) is 4.52. The molecule has 1 aromatic heterocycles. The van der Waals surface area contributed by atoms with Crippen LogP contribution in [0.25, 0.3) is 11.5 Å². The summed E-state index contributed by atoms with van der Waals surface area (Å²) in [5, 5.41) is 4.76. The van der Waals surface area contributed by atoms with E-state index in [1.54, 1.807) is 28.6 Å². The van der Waals surface area contributed by atoms with Crippen LogP contribution in [0, 0.1) is 0 Å². The predicted molar refractivity (Wildman–Crippen MR) is 111 cm³/mol. The van der Waals surface area contributed by atoms with Crippen molar-refractivity contribution in [1.82, 2.24) is 14.4 Å². The molecule has 1 fully saturated rings. The number of aryl methyl sites for hydroxylation is 1. The number of rotatable bonds is 5. The Balaban J connectivity index is 1.43. The van der Waals surface area contributed by atoms with Crippen LogP contribution >= 0.6 is 11.6 Å². The molecule has 1 saturated heterocycles. The maximum Gasteiger partial charge on any atom is 0.257 e. The average molecular weight is 432 g/mol. The summed E-state index contributed by atoms with van der Waals surface area (Å²) in [6, 6.07) is 14.3. The molecule has 4 rings (SSSR count). The van der Waals surface area contributed by atoms with Crippen LogP contribution < -0.4 is 0 Å². The number of piperidine rings is 1. The van der Waals surface area contributed by atoms with Crippen LogP contribution in [0.3, 0.4) is 0 Å². The Morgan fingerprint density at radius 1 is 1.07 bits per heavy atom. The summed E-state index contributed by atoms with van der Waals surface area (Å²) in [4.78, 5) is 4.85. The molecule has 0 saturated carbocycles. The minimum absolute atomic E-state index is 0.0775. The minimum Gasteiger partial charge on any atom is -0.334 e. The van der Waals surface area contributed by atoms with E-state index in [0.717, 1.165) is 17.5 Å². The van der Waals surface area contributed by atoms with E-state index >= 15 is 0 Å². The highest BCUT2D eigenvalue weighted by atomic mass is 35.5. The van der Waals surface area contributed by atoms with Gasteiger partial charge in [0.25, 0.3) is 5.89 Å². The van der Waals surface area contributed by atoms with E-state index in [1.165, 1.54) is 0 Å². The standard InChI is InChI=1S/C21H22ClN3O3S/c1-2-15-3-9-19(10-4-15)29(26,27)25-13-11-16(12-14-25)20-23-21(28-24-20)17-5-7-18(22)8-6-17/h3-10,16H,2,11-14H2,1H3. The number of hydrogen-bond acceptors (Lipinski definition) is 5. The molecule has 0 amide bonds. The van der Waals surface area contributed by atoms with Crippen molar-refractivity contribution in [2.24, 2.45) is 0 Å².